The van der Waals surface area contributed by atoms with Crippen molar-refractivity contribution >= 4 is 11.7 Å². The Morgan fingerprint density at radius 1 is 0.885 bits per heavy atom. The Hall–Kier alpha value is -3.11. The van der Waals surface area contributed by atoms with Gasteiger partial charge >= 0.3 is 18.3 Å². The van der Waals surface area contributed by atoms with E-state index in [1.54, 1.807) is 0 Å². The summed E-state index contributed by atoms with van der Waals surface area (Å²) in [6.07, 6.45) is -10.2. The number of ether oxygens (including phenoxy) is 1. The molecule has 0 heterocycles. The number of hydrogen-bond acceptors (Lipinski definition) is 4. The molecule has 2 aromatic rings. The van der Waals surface area contributed by atoms with Crippen molar-refractivity contribution in [3.05, 3.63) is 69.3 Å². The van der Waals surface area contributed by atoms with Crippen molar-refractivity contribution in [3.63, 3.8) is 0 Å². The number of rotatable bonds is 3. The molecular formula is C15H7F6NO4. The minimum absolute atomic E-state index is 0.108. The van der Waals surface area contributed by atoms with Crippen LogP contribution in [0.25, 0.3) is 0 Å². The molecule has 0 aliphatic heterocycles. The van der Waals surface area contributed by atoms with Gasteiger partial charge in [-0.3, -0.25) is 10.1 Å². The lowest BCUT2D eigenvalue weighted by Gasteiger charge is -2.14. The number of alkyl halides is 6. The summed E-state index contributed by atoms with van der Waals surface area (Å²) in [6, 6.07) is 4.17. The lowest BCUT2D eigenvalue weighted by atomic mass is 10.1. The van der Waals surface area contributed by atoms with Gasteiger partial charge in [-0.2, -0.15) is 26.3 Å². The zero-order chi connectivity index (χ0) is 19.7. The molecular weight excluding hydrogens is 372 g/mol. The van der Waals surface area contributed by atoms with Crippen LogP contribution < -0.4 is 4.74 Å². The van der Waals surface area contributed by atoms with Gasteiger partial charge in [0.2, 0.25) is 0 Å². The Morgan fingerprint density at radius 3 is 1.73 bits per heavy atom. The van der Waals surface area contributed by atoms with Crippen molar-refractivity contribution in [2.45, 2.75) is 12.4 Å². The van der Waals surface area contributed by atoms with E-state index in [-0.39, 0.29) is 29.4 Å². The van der Waals surface area contributed by atoms with Gasteiger partial charge in [0.1, 0.15) is 5.75 Å². The Bertz CT molecular complexity index is 810. The van der Waals surface area contributed by atoms with Gasteiger partial charge in [-0.25, -0.2) is 4.79 Å². The highest BCUT2D eigenvalue weighted by molar-refractivity contribution is 5.91. The van der Waals surface area contributed by atoms with Crippen LogP contribution in [0.5, 0.6) is 5.75 Å². The summed E-state index contributed by atoms with van der Waals surface area (Å²) >= 11 is 0. The van der Waals surface area contributed by atoms with E-state index in [1.165, 1.54) is 0 Å². The summed E-state index contributed by atoms with van der Waals surface area (Å²) in [6.45, 7) is 0. The summed E-state index contributed by atoms with van der Waals surface area (Å²) in [5, 5.41) is 10.5. The largest absolute Gasteiger partial charge is 0.423 e. The average Bonchev–Trinajstić information content (AvgIpc) is 2.53. The first-order chi connectivity index (χ1) is 11.9. The van der Waals surface area contributed by atoms with E-state index in [9.17, 15) is 41.3 Å². The van der Waals surface area contributed by atoms with Crippen LogP contribution in [0.15, 0.2) is 42.5 Å². The molecule has 11 heteroatoms. The predicted octanol–water partition coefficient (Wildman–Crippen LogP) is 4.85. The first-order valence-corrected chi connectivity index (χ1v) is 6.64. The van der Waals surface area contributed by atoms with Crippen LogP contribution in [0, 0.1) is 10.1 Å². The van der Waals surface area contributed by atoms with Crippen molar-refractivity contribution in [1.29, 1.82) is 0 Å². The maximum absolute atomic E-state index is 12.7. The highest BCUT2D eigenvalue weighted by Gasteiger charge is 2.37. The number of esters is 1. The van der Waals surface area contributed by atoms with E-state index < -0.39 is 40.1 Å². The Kier molecular flexibility index (Phi) is 4.92. The van der Waals surface area contributed by atoms with Gasteiger partial charge in [0.05, 0.1) is 21.6 Å². The van der Waals surface area contributed by atoms with Crippen LogP contribution in [0.4, 0.5) is 32.0 Å². The van der Waals surface area contributed by atoms with E-state index >= 15 is 0 Å². The molecule has 0 fully saturated rings. The molecule has 0 N–H and O–H groups in total. The number of nitro groups is 1. The van der Waals surface area contributed by atoms with Crippen molar-refractivity contribution < 1.29 is 40.8 Å². The fraction of sp³-hybridized carbons (Fsp3) is 0.133. The topological polar surface area (TPSA) is 69.4 Å². The van der Waals surface area contributed by atoms with Crippen LogP contribution in [0.2, 0.25) is 0 Å². The standard InChI is InChI=1S/C15H7F6NO4/c16-14(17,18)9-5-10(15(19,20)21)7-12(6-9)26-13(23)8-1-3-11(4-2-8)22(24)25/h1-7H. The first-order valence-electron chi connectivity index (χ1n) is 6.64. The third kappa shape index (κ3) is 4.49. The normalized spacial score (nSPS) is 11.9. The lowest BCUT2D eigenvalue weighted by molar-refractivity contribution is -0.384. The Balaban J connectivity index is 2.35. The smallest absolute Gasteiger partial charge is 0.416 e. The first kappa shape index (κ1) is 19.2. The molecule has 0 aliphatic rings. The average molecular weight is 379 g/mol. The number of non-ortho nitro benzene ring substituents is 1. The fourth-order valence-electron chi connectivity index (χ4n) is 1.87. The van der Waals surface area contributed by atoms with Gasteiger partial charge < -0.3 is 4.74 Å². The van der Waals surface area contributed by atoms with E-state index in [4.69, 9.17) is 0 Å². The monoisotopic (exact) mass is 379 g/mol. The summed E-state index contributed by atoms with van der Waals surface area (Å²) < 4.78 is 81.0. The molecule has 0 aromatic heterocycles. The van der Waals surface area contributed by atoms with E-state index in [2.05, 4.69) is 4.74 Å². The van der Waals surface area contributed by atoms with E-state index in [1.807, 2.05) is 0 Å². The number of halogens is 6. The molecule has 26 heavy (non-hydrogen) atoms. The zero-order valence-electron chi connectivity index (χ0n) is 12.4. The molecule has 0 saturated heterocycles. The minimum atomic E-state index is -5.09. The number of nitro benzene ring substituents is 1. The summed E-state index contributed by atoms with van der Waals surface area (Å²) in [5.74, 6) is -2.23. The Morgan fingerprint density at radius 2 is 1.35 bits per heavy atom. The number of hydrogen-bond donors (Lipinski definition) is 0. The second kappa shape index (κ2) is 6.65. The Labute approximate surface area is 141 Å². The van der Waals surface area contributed by atoms with Crippen LogP contribution in [-0.4, -0.2) is 10.9 Å². The molecule has 2 rings (SSSR count). The summed E-state index contributed by atoms with van der Waals surface area (Å²) in [7, 11) is 0. The molecule has 0 radical (unpaired) electrons. The van der Waals surface area contributed by atoms with Crippen LogP contribution in [0.3, 0.4) is 0 Å². The molecule has 0 bridgehead atoms. The van der Waals surface area contributed by atoms with Crippen LogP contribution >= 0.6 is 0 Å². The third-order valence-electron chi connectivity index (χ3n) is 3.09. The van der Waals surface area contributed by atoms with Crippen LogP contribution in [0.1, 0.15) is 21.5 Å². The van der Waals surface area contributed by atoms with Gasteiger partial charge in [0, 0.05) is 12.1 Å². The molecule has 0 unspecified atom stereocenters. The van der Waals surface area contributed by atoms with Crippen molar-refractivity contribution in [2.75, 3.05) is 0 Å². The predicted molar refractivity (Wildman–Crippen MR) is 74.5 cm³/mol. The quantitative estimate of drug-likeness (QED) is 0.251. The van der Waals surface area contributed by atoms with Crippen LogP contribution in [-0.2, 0) is 12.4 Å². The number of carbonyl (C=O) groups excluding carboxylic acids is 1. The third-order valence-corrected chi connectivity index (χ3v) is 3.09. The highest BCUT2D eigenvalue weighted by atomic mass is 19.4. The van der Waals surface area contributed by atoms with E-state index in [0.717, 1.165) is 24.3 Å². The van der Waals surface area contributed by atoms with Gasteiger partial charge in [-0.1, -0.05) is 0 Å². The second-order valence-electron chi connectivity index (χ2n) is 4.94. The molecule has 138 valence electrons. The molecule has 0 spiro atoms. The van der Waals surface area contributed by atoms with Crippen molar-refractivity contribution in [2.24, 2.45) is 0 Å². The summed E-state index contributed by atoms with van der Waals surface area (Å²) in [5.41, 5.74) is -3.93. The molecule has 0 aliphatic carbocycles. The van der Waals surface area contributed by atoms with Crippen molar-refractivity contribution in [3.8, 4) is 5.75 Å². The van der Waals surface area contributed by atoms with Gasteiger partial charge in [-0.05, 0) is 30.3 Å². The maximum Gasteiger partial charge on any atom is 0.416 e. The highest BCUT2D eigenvalue weighted by Crippen LogP contribution is 2.38. The molecule has 0 amide bonds. The SMILES string of the molecule is O=C(Oc1cc(C(F)(F)F)cc(C(F)(F)F)c1)c1ccc([N+](=O)[O-])cc1. The number of benzene rings is 2. The van der Waals surface area contributed by atoms with Gasteiger partial charge in [0.15, 0.2) is 0 Å². The second-order valence-corrected chi connectivity index (χ2v) is 4.94. The zero-order valence-corrected chi connectivity index (χ0v) is 12.4. The molecule has 0 saturated carbocycles. The number of carbonyl (C=O) groups is 1. The number of nitrogens with zero attached hydrogens (tertiary/aromatic N) is 1. The molecule has 2 aromatic carbocycles. The summed E-state index contributed by atoms with van der Waals surface area (Å²) in [4.78, 5) is 21.6. The van der Waals surface area contributed by atoms with Gasteiger partial charge in [0.25, 0.3) is 5.69 Å². The molecule has 0 atom stereocenters. The van der Waals surface area contributed by atoms with Gasteiger partial charge in [-0.15, -0.1) is 0 Å². The molecule has 5 nitrogen and oxygen atoms in total. The van der Waals surface area contributed by atoms with Crippen molar-refractivity contribution in [1.82, 2.24) is 0 Å². The fourth-order valence-corrected chi connectivity index (χ4v) is 1.87. The minimum Gasteiger partial charge on any atom is -0.423 e. The maximum atomic E-state index is 12.7. The lowest BCUT2D eigenvalue weighted by Crippen LogP contribution is -2.13. The van der Waals surface area contributed by atoms with E-state index in [0.29, 0.717) is 0 Å².